The highest BCUT2D eigenvalue weighted by atomic mass is 16.5. The van der Waals surface area contributed by atoms with Crippen LogP contribution < -0.4 is 14.8 Å². The Morgan fingerprint density at radius 2 is 1.70 bits per heavy atom. The smallest absolute Gasteiger partial charge is 0.252 e. The third-order valence-electron chi connectivity index (χ3n) is 5.12. The maximum atomic E-state index is 13.3. The normalized spacial score (nSPS) is 11.7. The number of carbonyl (C=O) groups is 2. The van der Waals surface area contributed by atoms with E-state index in [1.165, 1.54) is 0 Å². The lowest BCUT2D eigenvalue weighted by atomic mass is 10.0. The molecule has 0 saturated carbocycles. The number of amides is 2. The summed E-state index contributed by atoms with van der Waals surface area (Å²) < 4.78 is 10.6. The third kappa shape index (κ3) is 5.53. The second-order valence-electron chi connectivity index (χ2n) is 7.55. The molecule has 6 heteroatoms. The summed E-state index contributed by atoms with van der Waals surface area (Å²) in [4.78, 5) is 27.8. The summed E-state index contributed by atoms with van der Waals surface area (Å²) in [5, 5.41) is 2.94. The average molecular weight is 413 g/mol. The van der Waals surface area contributed by atoms with Gasteiger partial charge in [0, 0.05) is 18.7 Å². The van der Waals surface area contributed by atoms with Crippen molar-refractivity contribution in [2.45, 2.75) is 40.3 Å². The zero-order valence-electron chi connectivity index (χ0n) is 18.7. The molecular formula is C24H32N2O4. The highest BCUT2D eigenvalue weighted by molar-refractivity contribution is 5.98. The van der Waals surface area contributed by atoms with Gasteiger partial charge in [-0.25, -0.2) is 0 Å². The third-order valence-corrected chi connectivity index (χ3v) is 5.12. The monoisotopic (exact) mass is 412 g/mol. The van der Waals surface area contributed by atoms with Crippen LogP contribution in [0.2, 0.25) is 0 Å². The van der Waals surface area contributed by atoms with Gasteiger partial charge in [-0.2, -0.15) is 0 Å². The van der Waals surface area contributed by atoms with E-state index in [0.717, 1.165) is 11.1 Å². The van der Waals surface area contributed by atoms with Crippen LogP contribution in [0.3, 0.4) is 0 Å². The Morgan fingerprint density at radius 3 is 2.27 bits per heavy atom. The fourth-order valence-electron chi connectivity index (χ4n) is 3.30. The molecule has 1 N–H and O–H groups in total. The zero-order chi connectivity index (χ0) is 22.3. The maximum Gasteiger partial charge on any atom is 0.252 e. The van der Waals surface area contributed by atoms with E-state index in [2.05, 4.69) is 5.32 Å². The Kier molecular flexibility index (Phi) is 8.27. The topological polar surface area (TPSA) is 67.9 Å². The molecule has 0 bridgehead atoms. The van der Waals surface area contributed by atoms with E-state index < -0.39 is 6.04 Å². The largest absolute Gasteiger partial charge is 0.493 e. The molecule has 1 atom stereocenters. The molecule has 30 heavy (non-hydrogen) atoms. The molecule has 0 heterocycles. The van der Waals surface area contributed by atoms with E-state index in [1.807, 2.05) is 64.1 Å². The maximum absolute atomic E-state index is 13.3. The summed E-state index contributed by atoms with van der Waals surface area (Å²) in [6.45, 7) is 8.63. The number of methoxy groups -OCH3 is 2. The Hall–Kier alpha value is -3.02. The summed E-state index contributed by atoms with van der Waals surface area (Å²) in [6, 6.07) is 12.4. The molecule has 0 aliphatic heterocycles. The molecule has 162 valence electrons. The van der Waals surface area contributed by atoms with Crippen molar-refractivity contribution in [3.63, 3.8) is 0 Å². The number of nitrogens with zero attached hydrogens (tertiary/aromatic N) is 1. The quantitative estimate of drug-likeness (QED) is 0.680. The first-order chi connectivity index (χ1) is 14.3. The van der Waals surface area contributed by atoms with Crippen LogP contribution in [0.1, 0.15) is 42.3 Å². The van der Waals surface area contributed by atoms with Crippen LogP contribution in [0, 0.1) is 12.8 Å². The second-order valence-corrected chi connectivity index (χ2v) is 7.55. The van der Waals surface area contributed by atoms with Crippen LogP contribution >= 0.6 is 0 Å². The minimum atomic E-state index is -0.614. The van der Waals surface area contributed by atoms with E-state index in [1.54, 1.807) is 25.2 Å². The number of carbonyl (C=O) groups excluding carboxylic acids is 2. The van der Waals surface area contributed by atoms with Crippen molar-refractivity contribution in [3.05, 3.63) is 59.2 Å². The lowest BCUT2D eigenvalue weighted by molar-refractivity contribution is -0.134. The molecule has 2 rings (SSSR count). The molecular weight excluding hydrogens is 380 g/mol. The minimum absolute atomic E-state index is 0.0510. The summed E-state index contributed by atoms with van der Waals surface area (Å²) >= 11 is 0. The van der Waals surface area contributed by atoms with Gasteiger partial charge < -0.3 is 19.7 Å². The van der Waals surface area contributed by atoms with E-state index in [4.69, 9.17) is 9.47 Å². The first-order valence-corrected chi connectivity index (χ1v) is 10.2. The molecule has 1 unspecified atom stereocenters. The summed E-state index contributed by atoms with van der Waals surface area (Å²) in [7, 11) is 3.17. The first kappa shape index (κ1) is 23.3. The lowest BCUT2D eigenvalue weighted by Gasteiger charge is -2.29. The fourth-order valence-corrected chi connectivity index (χ4v) is 3.30. The van der Waals surface area contributed by atoms with Gasteiger partial charge in [-0.05, 0) is 49.1 Å². The van der Waals surface area contributed by atoms with Gasteiger partial charge in [-0.15, -0.1) is 0 Å². The van der Waals surface area contributed by atoms with Gasteiger partial charge >= 0.3 is 0 Å². The van der Waals surface area contributed by atoms with Gasteiger partial charge in [-0.3, -0.25) is 9.59 Å². The van der Waals surface area contributed by atoms with Crippen LogP contribution in [0.4, 0.5) is 0 Å². The molecule has 2 aromatic carbocycles. The number of benzene rings is 2. The molecule has 6 nitrogen and oxygen atoms in total. The predicted molar refractivity (Wildman–Crippen MR) is 118 cm³/mol. The van der Waals surface area contributed by atoms with E-state index in [-0.39, 0.29) is 17.7 Å². The van der Waals surface area contributed by atoms with Crippen molar-refractivity contribution in [3.8, 4) is 11.5 Å². The van der Waals surface area contributed by atoms with E-state index in [9.17, 15) is 9.59 Å². The van der Waals surface area contributed by atoms with Crippen molar-refractivity contribution in [2.24, 2.45) is 5.92 Å². The fraction of sp³-hybridized carbons (Fsp3) is 0.417. The highest BCUT2D eigenvalue weighted by Crippen LogP contribution is 2.28. The first-order valence-electron chi connectivity index (χ1n) is 10.2. The molecule has 0 saturated heterocycles. The summed E-state index contributed by atoms with van der Waals surface area (Å²) in [5.41, 5.74) is 2.39. The van der Waals surface area contributed by atoms with Crippen LogP contribution in [0.25, 0.3) is 0 Å². The van der Waals surface area contributed by atoms with Crippen molar-refractivity contribution >= 4 is 11.8 Å². The molecule has 2 aromatic rings. The second kappa shape index (κ2) is 10.7. The van der Waals surface area contributed by atoms with Crippen LogP contribution in [-0.4, -0.2) is 43.5 Å². The average Bonchev–Trinajstić information content (AvgIpc) is 2.75. The van der Waals surface area contributed by atoms with E-state index in [0.29, 0.717) is 30.2 Å². The Morgan fingerprint density at radius 1 is 1.03 bits per heavy atom. The molecule has 0 aliphatic rings. The van der Waals surface area contributed by atoms with Gasteiger partial charge in [0.15, 0.2) is 11.5 Å². The van der Waals surface area contributed by atoms with Crippen LogP contribution in [0.15, 0.2) is 42.5 Å². The molecule has 0 aromatic heterocycles. The van der Waals surface area contributed by atoms with Crippen LogP contribution in [0.5, 0.6) is 11.5 Å². The Balaban J connectivity index is 2.20. The van der Waals surface area contributed by atoms with Gasteiger partial charge in [0.1, 0.15) is 6.04 Å². The number of hydrogen-bond acceptors (Lipinski definition) is 4. The number of aryl methyl sites for hydroxylation is 1. The zero-order valence-corrected chi connectivity index (χ0v) is 18.7. The lowest BCUT2D eigenvalue weighted by Crippen LogP contribution is -2.51. The van der Waals surface area contributed by atoms with Gasteiger partial charge in [0.25, 0.3) is 5.91 Å². The van der Waals surface area contributed by atoms with Gasteiger partial charge in [-0.1, -0.05) is 38.1 Å². The Labute approximate surface area is 179 Å². The molecule has 0 fully saturated rings. The Bertz CT molecular complexity index is 879. The SMILES string of the molecule is CCN(Cc1ccc(OC)c(OC)c1)C(=O)C(NC(=O)c1ccccc1C)C(C)C. The molecule has 0 radical (unpaired) electrons. The predicted octanol–water partition coefficient (Wildman–Crippen LogP) is 3.82. The van der Waals surface area contributed by atoms with Gasteiger partial charge in [0.05, 0.1) is 14.2 Å². The number of ether oxygens (including phenoxy) is 2. The number of rotatable bonds is 9. The van der Waals surface area contributed by atoms with Crippen molar-refractivity contribution in [1.29, 1.82) is 0 Å². The number of likely N-dealkylation sites (N-methyl/N-ethyl adjacent to an activating group) is 1. The van der Waals surface area contributed by atoms with E-state index >= 15 is 0 Å². The highest BCUT2D eigenvalue weighted by Gasteiger charge is 2.29. The molecule has 0 spiro atoms. The number of hydrogen-bond donors (Lipinski definition) is 1. The van der Waals surface area contributed by atoms with Crippen molar-refractivity contribution < 1.29 is 19.1 Å². The minimum Gasteiger partial charge on any atom is -0.493 e. The molecule has 0 aliphatic carbocycles. The standard InChI is InChI=1S/C24H32N2O4/c1-7-26(15-18-12-13-20(29-5)21(14-18)30-6)24(28)22(16(2)3)25-23(27)19-11-9-8-10-17(19)4/h8-14,16,22H,7,15H2,1-6H3,(H,25,27). The van der Waals surface area contributed by atoms with Crippen LogP contribution in [-0.2, 0) is 11.3 Å². The number of nitrogens with one attached hydrogen (secondary N) is 1. The van der Waals surface area contributed by atoms with Crippen molar-refractivity contribution in [2.75, 3.05) is 20.8 Å². The molecule has 2 amide bonds. The summed E-state index contributed by atoms with van der Waals surface area (Å²) in [6.07, 6.45) is 0. The summed E-state index contributed by atoms with van der Waals surface area (Å²) in [5.74, 6) is 0.865. The van der Waals surface area contributed by atoms with Gasteiger partial charge in [0.2, 0.25) is 5.91 Å². The van der Waals surface area contributed by atoms with Crippen molar-refractivity contribution in [1.82, 2.24) is 10.2 Å².